The van der Waals surface area contributed by atoms with Crippen LogP contribution in [0.5, 0.6) is 23.0 Å². The molecule has 5 heteroatoms. The molecule has 0 spiro atoms. The van der Waals surface area contributed by atoms with Gasteiger partial charge >= 0.3 is 0 Å². The Labute approximate surface area is 120 Å². The minimum absolute atomic E-state index is 0.0115. The van der Waals surface area contributed by atoms with Gasteiger partial charge in [0.1, 0.15) is 11.5 Å². The SMILES string of the molecule is O=C(C=Cc1cc(O)ccc1O)c1ccc2c(c1)OCO2. The molecule has 21 heavy (non-hydrogen) atoms. The Kier molecular flexibility index (Phi) is 3.23. The topological polar surface area (TPSA) is 76.0 Å². The highest BCUT2D eigenvalue weighted by molar-refractivity contribution is 6.07. The Balaban J connectivity index is 1.83. The van der Waals surface area contributed by atoms with Gasteiger partial charge in [-0.25, -0.2) is 0 Å². The number of phenolic OH excluding ortho intramolecular Hbond substituents is 2. The smallest absolute Gasteiger partial charge is 0.231 e. The molecule has 5 nitrogen and oxygen atoms in total. The zero-order valence-corrected chi connectivity index (χ0v) is 10.9. The number of ether oxygens (including phenoxy) is 2. The summed E-state index contributed by atoms with van der Waals surface area (Å²) in [4.78, 5) is 12.1. The lowest BCUT2D eigenvalue weighted by atomic mass is 10.1. The molecule has 1 aliphatic rings. The van der Waals surface area contributed by atoms with Crippen molar-refractivity contribution < 1.29 is 24.5 Å². The Morgan fingerprint density at radius 1 is 1.05 bits per heavy atom. The molecule has 0 atom stereocenters. The van der Waals surface area contributed by atoms with Crippen LogP contribution >= 0.6 is 0 Å². The van der Waals surface area contributed by atoms with Crippen molar-refractivity contribution in [2.75, 3.05) is 6.79 Å². The number of allylic oxidation sites excluding steroid dienone is 1. The van der Waals surface area contributed by atoms with Gasteiger partial charge in [0.25, 0.3) is 0 Å². The van der Waals surface area contributed by atoms with Crippen molar-refractivity contribution in [2.45, 2.75) is 0 Å². The Morgan fingerprint density at radius 3 is 2.71 bits per heavy atom. The predicted molar refractivity (Wildman–Crippen MR) is 75.7 cm³/mol. The van der Waals surface area contributed by atoms with E-state index in [2.05, 4.69) is 0 Å². The first kappa shape index (κ1) is 13.1. The number of fused-ring (bicyclic) bond motifs is 1. The molecule has 0 radical (unpaired) electrons. The van der Waals surface area contributed by atoms with Crippen LogP contribution < -0.4 is 9.47 Å². The van der Waals surface area contributed by atoms with E-state index in [4.69, 9.17) is 9.47 Å². The minimum Gasteiger partial charge on any atom is -0.508 e. The molecule has 2 aromatic rings. The monoisotopic (exact) mass is 284 g/mol. The summed E-state index contributed by atoms with van der Waals surface area (Å²) >= 11 is 0. The normalized spacial score (nSPS) is 12.8. The van der Waals surface area contributed by atoms with Gasteiger partial charge in [-0.15, -0.1) is 0 Å². The molecule has 0 aromatic heterocycles. The van der Waals surface area contributed by atoms with Gasteiger partial charge in [0.15, 0.2) is 17.3 Å². The van der Waals surface area contributed by atoms with E-state index in [1.807, 2.05) is 0 Å². The summed E-state index contributed by atoms with van der Waals surface area (Å²) in [7, 11) is 0. The van der Waals surface area contributed by atoms with Crippen LogP contribution in [0.1, 0.15) is 15.9 Å². The Morgan fingerprint density at radius 2 is 1.86 bits per heavy atom. The van der Waals surface area contributed by atoms with E-state index in [9.17, 15) is 15.0 Å². The minimum atomic E-state index is -0.240. The van der Waals surface area contributed by atoms with Crippen LogP contribution in [0.3, 0.4) is 0 Å². The van der Waals surface area contributed by atoms with Crippen LogP contribution in [-0.2, 0) is 0 Å². The molecule has 0 aliphatic carbocycles. The van der Waals surface area contributed by atoms with Crippen molar-refractivity contribution in [3.05, 3.63) is 53.6 Å². The fraction of sp³-hybridized carbons (Fsp3) is 0.0625. The molecule has 3 rings (SSSR count). The fourth-order valence-corrected chi connectivity index (χ4v) is 1.99. The van der Waals surface area contributed by atoms with E-state index >= 15 is 0 Å². The van der Waals surface area contributed by atoms with Gasteiger partial charge in [-0.2, -0.15) is 0 Å². The molecule has 0 saturated carbocycles. The maximum Gasteiger partial charge on any atom is 0.231 e. The molecule has 1 heterocycles. The molecule has 0 unspecified atom stereocenters. The molecule has 0 saturated heterocycles. The third-order valence-electron chi connectivity index (χ3n) is 3.08. The summed E-state index contributed by atoms with van der Waals surface area (Å²) in [6.07, 6.45) is 2.77. The summed E-state index contributed by atoms with van der Waals surface area (Å²) in [6, 6.07) is 9.03. The molecular weight excluding hydrogens is 272 g/mol. The number of benzene rings is 2. The number of aromatic hydroxyl groups is 2. The van der Waals surface area contributed by atoms with E-state index in [0.717, 1.165) is 0 Å². The summed E-state index contributed by atoms with van der Waals surface area (Å²) in [5.41, 5.74) is 0.819. The van der Waals surface area contributed by atoms with Crippen molar-refractivity contribution in [3.63, 3.8) is 0 Å². The second-order valence-electron chi connectivity index (χ2n) is 4.51. The van der Waals surface area contributed by atoms with Gasteiger partial charge in [0.05, 0.1) is 0 Å². The first-order chi connectivity index (χ1) is 10.1. The van der Waals surface area contributed by atoms with E-state index in [1.165, 1.54) is 30.4 Å². The molecule has 106 valence electrons. The summed E-state index contributed by atoms with van der Waals surface area (Å²) in [5.74, 6) is 0.914. The van der Waals surface area contributed by atoms with Crippen LogP contribution in [0.2, 0.25) is 0 Å². The van der Waals surface area contributed by atoms with Crippen LogP contribution in [0.25, 0.3) is 6.08 Å². The molecule has 2 aromatic carbocycles. The van der Waals surface area contributed by atoms with Gasteiger partial charge < -0.3 is 19.7 Å². The van der Waals surface area contributed by atoms with Gasteiger partial charge in [-0.1, -0.05) is 0 Å². The average molecular weight is 284 g/mol. The maximum atomic E-state index is 12.1. The molecule has 2 N–H and O–H groups in total. The molecule has 0 fully saturated rings. The van der Waals surface area contributed by atoms with Crippen LogP contribution in [0, 0.1) is 0 Å². The predicted octanol–water partition coefficient (Wildman–Crippen LogP) is 2.72. The molecular formula is C16H12O5. The maximum absolute atomic E-state index is 12.1. The van der Waals surface area contributed by atoms with Crippen molar-refractivity contribution >= 4 is 11.9 Å². The van der Waals surface area contributed by atoms with Gasteiger partial charge in [-0.3, -0.25) is 4.79 Å². The van der Waals surface area contributed by atoms with Gasteiger partial charge in [0.2, 0.25) is 6.79 Å². The second kappa shape index (κ2) is 5.20. The number of ketones is 1. The van der Waals surface area contributed by atoms with E-state index in [-0.39, 0.29) is 24.1 Å². The average Bonchev–Trinajstić information content (AvgIpc) is 2.95. The first-order valence-corrected chi connectivity index (χ1v) is 6.27. The van der Waals surface area contributed by atoms with Crippen molar-refractivity contribution in [3.8, 4) is 23.0 Å². The fourth-order valence-electron chi connectivity index (χ4n) is 1.99. The molecule has 1 aliphatic heterocycles. The highest BCUT2D eigenvalue weighted by Gasteiger charge is 2.15. The van der Waals surface area contributed by atoms with Crippen LogP contribution in [0.4, 0.5) is 0 Å². The lowest BCUT2D eigenvalue weighted by Crippen LogP contribution is -1.94. The number of hydrogen-bond acceptors (Lipinski definition) is 5. The van der Waals surface area contributed by atoms with E-state index in [1.54, 1.807) is 18.2 Å². The quantitative estimate of drug-likeness (QED) is 0.515. The Bertz CT molecular complexity index is 733. The van der Waals surface area contributed by atoms with Crippen molar-refractivity contribution in [1.82, 2.24) is 0 Å². The van der Waals surface area contributed by atoms with Gasteiger partial charge in [0, 0.05) is 11.1 Å². The van der Waals surface area contributed by atoms with E-state index < -0.39 is 0 Å². The van der Waals surface area contributed by atoms with Gasteiger partial charge in [-0.05, 0) is 48.6 Å². The lowest BCUT2D eigenvalue weighted by Gasteiger charge is -2.01. The summed E-state index contributed by atoms with van der Waals surface area (Å²) in [6.45, 7) is 0.153. The lowest BCUT2D eigenvalue weighted by molar-refractivity contribution is 0.104. The number of carbonyl (C=O) groups is 1. The standard InChI is InChI=1S/C16H12O5/c17-12-3-5-14(19)10(7-12)1-4-13(18)11-2-6-15-16(8-11)21-9-20-15/h1-8,17,19H,9H2. The second-order valence-corrected chi connectivity index (χ2v) is 4.51. The van der Waals surface area contributed by atoms with Crippen LogP contribution in [0.15, 0.2) is 42.5 Å². The number of phenols is 2. The zero-order chi connectivity index (χ0) is 14.8. The van der Waals surface area contributed by atoms with Crippen molar-refractivity contribution in [1.29, 1.82) is 0 Å². The van der Waals surface area contributed by atoms with Crippen LogP contribution in [-0.4, -0.2) is 22.8 Å². The first-order valence-electron chi connectivity index (χ1n) is 6.27. The molecule has 0 bridgehead atoms. The number of rotatable bonds is 3. The third-order valence-corrected chi connectivity index (χ3v) is 3.08. The zero-order valence-electron chi connectivity index (χ0n) is 10.9. The molecule has 0 amide bonds. The number of hydrogen-bond donors (Lipinski definition) is 2. The third kappa shape index (κ3) is 2.67. The number of carbonyl (C=O) groups excluding carboxylic acids is 1. The highest BCUT2D eigenvalue weighted by Crippen LogP contribution is 2.32. The highest BCUT2D eigenvalue weighted by atomic mass is 16.7. The summed E-state index contributed by atoms with van der Waals surface area (Å²) < 4.78 is 10.4. The van der Waals surface area contributed by atoms with E-state index in [0.29, 0.717) is 22.6 Å². The van der Waals surface area contributed by atoms with Crippen molar-refractivity contribution in [2.24, 2.45) is 0 Å². The Hall–Kier alpha value is -2.95. The summed E-state index contributed by atoms with van der Waals surface area (Å²) in [5, 5.41) is 19.0. The largest absolute Gasteiger partial charge is 0.508 e.